The van der Waals surface area contributed by atoms with E-state index in [0.717, 1.165) is 25.3 Å². The summed E-state index contributed by atoms with van der Waals surface area (Å²) in [4.78, 5) is 2.38. The van der Waals surface area contributed by atoms with Crippen molar-refractivity contribution in [2.75, 3.05) is 13.1 Å². The first-order valence-electron chi connectivity index (χ1n) is 5.61. The van der Waals surface area contributed by atoms with Gasteiger partial charge in [-0.25, -0.2) is 0 Å². The first kappa shape index (κ1) is 12.2. The third-order valence-corrected chi connectivity index (χ3v) is 4.24. The average molecular weight is 261 g/mol. The minimum absolute atomic E-state index is 0.312. The third-order valence-electron chi connectivity index (χ3n) is 3.26. The van der Waals surface area contributed by atoms with Gasteiger partial charge in [0.2, 0.25) is 0 Å². The molecule has 1 unspecified atom stereocenters. The lowest BCUT2D eigenvalue weighted by atomic mass is 9.91. The van der Waals surface area contributed by atoms with E-state index >= 15 is 0 Å². The van der Waals surface area contributed by atoms with Crippen LogP contribution in [-0.2, 0) is 6.54 Å². The molecule has 0 saturated carbocycles. The van der Waals surface area contributed by atoms with Crippen LogP contribution in [0.1, 0.15) is 25.5 Å². The van der Waals surface area contributed by atoms with Gasteiger partial charge in [0.1, 0.15) is 10.0 Å². The molecule has 1 aromatic rings. The average Bonchev–Trinajstić information content (AvgIpc) is 2.65. The Labute approximate surface area is 105 Å². The van der Waals surface area contributed by atoms with Gasteiger partial charge in [-0.2, -0.15) is 0 Å². The molecule has 1 saturated heterocycles. The van der Waals surface area contributed by atoms with Gasteiger partial charge in [-0.15, -0.1) is 5.10 Å². The quantitative estimate of drug-likeness (QED) is 0.900. The molecule has 0 bridgehead atoms. The summed E-state index contributed by atoms with van der Waals surface area (Å²) in [7, 11) is 0. The summed E-state index contributed by atoms with van der Waals surface area (Å²) in [5.41, 5.74) is 6.82. The van der Waals surface area contributed by atoms with Crippen molar-refractivity contribution >= 4 is 23.1 Å². The Bertz CT molecular complexity index is 333. The fourth-order valence-electron chi connectivity index (χ4n) is 2.14. The molecule has 2 N–H and O–H groups in total. The monoisotopic (exact) mass is 260 g/mol. The number of nitrogens with two attached hydrogens (primary N) is 1. The van der Waals surface area contributed by atoms with Crippen molar-refractivity contribution in [1.82, 2.24) is 14.5 Å². The molecule has 1 aliphatic heterocycles. The van der Waals surface area contributed by atoms with Gasteiger partial charge in [0.15, 0.2) is 0 Å². The molecule has 0 spiro atoms. The van der Waals surface area contributed by atoms with Crippen LogP contribution in [0.5, 0.6) is 0 Å². The molecule has 6 heteroatoms. The summed E-state index contributed by atoms with van der Waals surface area (Å²) >= 11 is 7.24. The van der Waals surface area contributed by atoms with Crippen molar-refractivity contribution < 1.29 is 0 Å². The van der Waals surface area contributed by atoms with E-state index in [2.05, 4.69) is 21.4 Å². The van der Waals surface area contributed by atoms with Crippen LogP contribution in [0.25, 0.3) is 0 Å². The first-order chi connectivity index (χ1) is 7.66. The predicted octanol–water partition coefficient (Wildman–Crippen LogP) is 1.75. The number of piperidine rings is 1. The van der Waals surface area contributed by atoms with Crippen molar-refractivity contribution in [2.45, 2.75) is 32.4 Å². The molecule has 1 aromatic heterocycles. The molecule has 16 heavy (non-hydrogen) atoms. The second kappa shape index (κ2) is 5.40. The van der Waals surface area contributed by atoms with Crippen LogP contribution >= 0.6 is 23.1 Å². The van der Waals surface area contributed by atoms with E-state index < -0.39 is 0 Å². The van der Waals surface area contributed by atoms with E-state index in [1.54, 1.807) is 0 Å². The minimum Gasteiger partial charge on any atom is -0.328 e. The first-order valence-corrected chi connectivity index (χ1v) is 6.76. The maximum atomic E-state index is 5.98. The van der Waals surface area contributed by atoms with E-state index in [9.17, 15) is 0 Å². The zero-order chi connectivity index (χ0) is 11.5. The molecule has 0 amide bonds. The molecular weight excluding hydrogens is 244 g/mol. The van der Waals surface area contributed by atoms with Crippen LogP contribution < -0.4 is 5.73 Å². The number of hydrogen-bond donors (Lipinski definition) is 1. The smallest absolute Gasteiger partial charge is 0.138 e. The SMILES string of the molecule is CC(N)C1CCN(Cc2nnsc2Cl)CC1. The van der Waals surface area contributed by atoms with Crippen LogP contribution in [0, 0.1) is 5.92 Å². The number of nitrogens with zero attached hydrogens (tertiary/aromatic N) is 3. The van der Waals surface area contributed by atoms with Crippen molar-refractivity contribution in [3.05, 3.63) is 10.0 Å². The summed E-state index contributed by atoms with van der Waals surface area (Å²) in [6.07, 6.45) is 2.35. The maximum absolute atomic E-state index is 5.98. The summed E-state index contributed by atoms with van der Waals surface area (Å²) in [5.74, 6) is 0.667. The van der Waals surface area contributed by atoms with Crippen LogP contribution in [-0.4, -0.2) is 33.6 Å². The fourth-order valence-corrected chi connectivity index (χ4v) is 2.75. The van der Waals surface area contributed by atoms with Gasteiger partial charge in [-0.1, -0.05) is 16.1 Å². The third kappa shape index (κ3) is 2.91. The van der Waals surface area contributed by atoms with Gasteiger partial charge in [0.05, 0.1) is 0 Å². The Morgan fingerprint density at radius 2 is 2.25 bits per heavy atom. The van der Waals surface area contributed by atoms with Gasteiger partial charge >= 0.3 is 0 Å². The molecule has 0 aromatic carbocycles. The standard InChI is InChI=1S/C10H17ClN4S/c1-7(12)8-2-4-15(5-3-8)6-9-10(11)16-14-13-9/h7-8H,2-6,12H2,1H3. The number of likely N-dealkylation sites (tertiary alicyclic amines) is 1. The molecule has 2 rings (SSSR count). The second-order valence-corrected chi connectivity index (χ2v) is 5.82. The lowest BCUT2D eigenvalue weighted by Crippen LogP contribution is -2.39. The summed E-state index contributed by atoms with van der Waals surface area (Å²) < 4.78 is 4.56. The van der Waals surface area contributed by atoms with Gasteiger partial charge in [0.25, 0.3) is 0 Å². The molecule has 1 aliphatic rings. The van der Waals surface area contributed by atoms with Gasteiger partial charge in [0, 0.05) is 24.1 Å². The van der Waals surface area contributed by atoms with Gasteiger partial charge in [-0.3, -0.25) is 4.90 Å². The zero-order valence-electron chi connectivity index (χ0n) is 9.40. The maximum Gasteiger partial charge on any atom is 0.138 e. The van der Waals surface area contributed by atoms with E-state index in [-0.39, 0.29) is 0 Å². The highest BCUT2D eigenvalue weighted by Crippen LogP contribution is 2.23. The van der Waals surface area contributed by atoms with Crippen LogP contribution in [0.2, 0.25) is 4.34 Å². The Kier molecular flexibility index (Phi) is 4.13. The van der Waals surface area contributed by atoms with Crippen molar-refractivity contribution in [1.29, 1.82) is 0 Å². The van der Waals surface area contributed by atoms with E-state index in [4.69, 9.17) is 17.3 Å². The predicted molar refractivity (Wildman–Crippen MR) is 66.6 cm³/mol. The highest BCUT2D eigenvalue weighted by atomic mass is 35.5. The Balaban J connectivity index is 1.84. The highest BCUT2D eigenvalue weighted by molar-refractivity contribution is 7.10. The molecule has 1 atom stereocenters. The van der Waals surface area contributed by atoms with Crippen molar-refractivity contribution in [2.24, 2.45) is 11.7 Å². The van der Waals surface area contributed by atoms with Crippen molar-refractivity contribution in [3.8, 4) is 0 Å². The number of rotatable bonds is 3. The minimum atomic E-state index is 0.312. The molecule has 2 heterocycles. The lowest BCUT2D eigenvalue weighted by molar-refractivity contribution is 0.164. The van der Waals surface area contributed by atoms with Crippen molar-refractivity contribution in [3.63, 3.8) is 0 Å². The number of hydrogen-bond acceptors (Lipinski definition) is 5. The molecule has 0 radical (unpaired) electrons. The van der Waals surface area contributed by atoms with Crippen LogP contribution in [0.15, 0.2) is 0 Å². The Morgan fingerprint density at radius 1 is 1.56 bits per heavy atom. The molecular formula is C10H17ClN4S. The second-order valence-electron chi connectivity index (χ2n) is 4.47. The highest BCUT2D eigenvalue weighted by Gasteiger charge is 2.22. The fraction of sp³-hybridized carbons (Fsp3) is 0.800. The lowest BCUT2D eigenvalue weighted by Gasteiger charge is -2.33. The van der Waals surface area contributed by atoms with Gasteiger partial charge < -0.3 is 5.73 Å². The molecule has 0 aliphatic carbocycles. The number of aromatic nitrogens is 2. The largest absolute Gasteiger partial charge is 0.328 e. The van der Waals surface area contributed by atoms with Crippen LogP contribution in [0.4, 0.5) is 0 Å². The topological polar surface area (TPSA) is 55.0 Å². The van der Waals surface area contributed by atoms with E-state index in [1.807, 2.05) is 0 Å². The summed E-state index contributed by atoms with van der Waals surface area (Å²) in [6, 6.07) is 0.312. The number of halogens is 1. The zero-order valence-corrected chi connectivity index (χ0v) is 11.0. The molecule has 1 fully saturated rings. The van der Waals surface area contributed by atoms with Gasteiger partial charge in [-0.05, 0) is 38.8 Å². The normalized spacial score (nSPS) is 21.2. The summed E-state index contributed by atoms with van der Waals surface area (Å²) in [6.45, 7) is 5.09. The van der Waals surface area contributed by atoms with Crippen LogP contribution in [0.3, 0.4) is 0 Å². The Morgan fingerprint density at radius 3 is 2.75 bits per heavy atom. The molecule has 4 nitrogen and oxygen atoms in total. The summed E-state index contributed by atoms with van der Waals surface area (Å²) in [5, 5.41) is 4.03. The molecule has 90 valence electrons. The Hall–Kier alpha value is -0.230. The van der Waals surface area contributed by atoms with E-state index in [1.165, 1.54) is 24.4 Å². The van der Waals surface area contributed by atoms with E-state index in [0.29, 0.717) is 16.3 Å².